The van der Waals surface area contributed by atoms with Crippen molar-refractivity contribution >= 4 is 25.8 Å². The zero-order chi connectivity index (χ0) is 21.1. The van der Waals surface area contributed by atoms with Crippen molar-refractivity contribution in [3.8, 4) is 0 Å². The standard InChI is InChI=1S/C24H33N2O3Si/c1-4-29-23(27)24(9-11-28-12-10-24)19-5-6-20-21(16-19)26-22(25-20)15-18-8-14-30(3)13-7-17(18)2/h5-6,16,18H,2,4,7-15H2,1,3H3,(H,25,26)/t18-/m0/s1. The first kappa shape index (κ1) is 21.3. The minimum absolute atomic E-state index is 0.140. The third-order valence-electron chi connectivity index (χ3n) is 6.91. The van der Waals surface area contributed by atoms with Crippen LogP contribution < -0.4 is 0 Å². The maximum atomic E-state index is 12.9. The summed E-state index contributed by atoms with van der Waals surface area (Å²) >= 11 is 0. The summed E-state index contributed by atoms with van der Waals surface area (Å²) in [6, 6.07) is 8.90. The quantitative estimate of drug-likeness (QED) is 0.424. The average Bonchev–Trinajstić information content (AvgIpc) is 3.09. The minimum Gasteiger partial charge on any atom is -0.465 e. The number of aromatic amines is 1. The highest BCUT2D eigenvalue weighted by atomic mass is 28.3. The number of carbonyl (C=O) groups is 1. The summed E-state index contributed by atoms with van der Waals surface area (Å²) in [5.41, 5.74) is 3.73. The molecule has 2 saturated heterocycles. The molecule has 6 heteroatoms. The predicted molar refractivity (Wildman–Crippen MR) is 121 cm³/mol. The van der Waals surface area contributed by atoms with Crippen molar-refractivity contribution in [3.63, 3.8) is 0 Å². The van der Waals surface area contributed by atoms with Crippen LogP contribution in [0.1, 0.15) is 44.0 Å². The molecular formula is C24H33N2O3Si. The lowest BCUT2D eigenvalue weighted by atomic mass is 9.74. The minimum atomic E-state index is -0.622. The molecule has 3 heterocycles. The summed E-state index contributed by atoms with van der Waals surface area (Å²) in [5.74, 6) is 1.41. The molecule has 1 atom stereocenters. The number of H-pyrrole nitrogens is 1. The first-order valence-electron chi connectivity index (χ1n) is 11.2. The zero-order valence-electron chi connectivity index (χ0n) is 18.3. The van der Waals surface area contributed by atoms with Crippen LogP contribution in [0.2, 0.25) is 18.6 Å². The van der Waals surface area contributed by atoms with Gasteiger partial charge in [0.2, 0.25) is 0 Å². The maximum Gasteiger partial charge on any atom is 0.316 e. The number of fused-ring (bicyclic) bond motifs is 1. The van der Waals surface area contributed by atoms with Gasteiger partial charge in [0.1, 0.15) is 5.82 Å². The molecule has 0 amide bonds. The van der Waals surface area contributed by atoms with Crippen LogP contribution in [0.4, 0.5) is 0 Å². The monoisotopic (exact) mass is 425 g/mol. The number of nitrogens with one attached hydrogen (secondary N) is 1. The normalized spacial score (nSPS) is 22.7. The Labute approximate surface area is 180 Å². The van der Waals surface area contributed by atoms with Gasteiger partial charge in [0.05, 0.1) is 23.1 Å². The number of esters is 1. The van der Waals surface area contributed by atoms with Crippen molar-refractivity contribution in [1.29, 1.82) is 0 Å². The van der Waals surface area contributed by atoms with E-state index in [1.54, 1.807) is 0 Å². The number of allylic oxidation sites excluding steroid dienone is 1. The van der Waals surface area contributed by atoms with E-state index in [4.69, 9.17) is 14.5 Å². The molecular weight excluding hydrogens is 392 g/mol. The Balaban J connectivity index is 1.60. The molecule has 0 spiro atoms. The number of hydrogen-bond acceptors (Lipinski definition) is 4. The van der Waals surface area contributed by atoms with Gasteiger partial charge in [-0.05, 0) is 56.2 Å². The van der Waals surface area contributed by atoms with Crippen molar-refractivity contribution in [2.75, 3.05) is 19.8 Å². The van der Waals surface area contributed by atoms with E-state index in [1.165, 1.54) is 30.5 Å². The summed E-state index contributed by atoms with van der Waals surface area (Å²) < 4.78 is 11.0. The van der Waals surface area contributed by atoms with Gasteiger partial charge in [-0.2, -0.15) is 0 Å². The smallest absolute Gasteiger partial charge is 0.316 e. The molecule has 2 aliphatic rings. The van der Waals surface area contributed by atoms with Crippen LogP contribution in [0.15, 0.2) is 30.4 Å². The van der Waals surface area contributed by atoms with Crippen molar-refractivity contribution in [2.45, 2.75) is 63.1 Å². The van der Waals surface area contributed by atoms with E-state index in [0.717, 1.165) is 28.8 Å². The number of nitrogens with zero attached hydrogens (tertiary/aromatic N) is 1. The van der Waals surface area contributed by atoms with E-state index in [2.05, 4.69) is 24.2 Å². The molecule has 1 radical (unpaired) electrons. The summed E-state index contributed by atoms with van der Waals surface area (Å²) in [4.78, 5) is 21.3. The summed E-state index contributed by atoms with van der Waals surface area (Å²) in [6.07, 6.45) is 4.64. The summed E-state index contributed by atoms with van der Waals surface area (Å²) in [7, 11) is -0.192. The molecule has 5 nitrogen and oxygen atoms in total. The van der Waals surface area contributed by atoms with Gasteiger partial charge in [-0.25, -0.2) is 4.98 Å². The van der Waals surface area contributed by atoms with Crippen LogP contribution >= 0.6 is 0 Å². The maximum absolute atomic E-state index is 12.9. The van der Waals surface area contributed by atoms with E-state index < -0.39 is 5.41 Å². The molecule has 1 aromatic carbocycles. The molecule has 0 saturated carbocycles. The van der Waals surface area contributed by atoms with Crippen molar-refractivity contribution in [1.82, 2.24) is 9.97 Å². The molecule has 2 aromatic rings. The number of rotatable bonds is 5. The lowest BCUT2D eigenvalue weighted by molar-refractivity contribution is -0.154. The van der Waals surface area contributed by atoms with Gasteiger partial charge >= 0.3 is 5.97 Å². The van der Waals surface area contributed by atoms with E-state index >= 15 is 0 Å². The Morgan fingerprint density at radius 1 is 1.37 bits per heavy atom. The van der Waals surface area contributed by atoms with Gasteiger partial charge < -0.3 is 14.5 Å². The number of aromatic nitrogens is 2. The van der Waals surface area contributed by atoms with Crippen molar-refractivity contribution < 1.29 is 14.3 Å². The molecule has 0 bridgehead atoms. The highest BCUT2D eigenvalue weighted by Crippen LogP contribution is 2.37. The first-order valence-corrected chi connectivity index (χ1v) is 13.7. The SMILES string of the molecule is C=C1CC[Si](C)CC[C@H]1Cc1nc2ccc(C3(C(=O)OCC)CCOCC3)cc2[nH]1. The Morgan fingerprint density at radius 2 is 2.17 bits per heavy atom. The fraction of sp³-hybridized carbons (Fsp3) is 0.583. The van der Waals surface area contributed by atoms with Crippen LogP contribution in [0.25, 0.3) is 11.0 Å². The topological polar surface area (TPSA) is 64.2 Å². The Bertz CT molecular complexity index is 916. The second-order valence-electron chi connectivity index (χ2n) is 8.89. The van der Waals surface area contributed by atoms with Crippen LogP contribution in [0.5, 0.6) is 0 Å². The number of benzene rings is 1. The molecule has 0 aliphatic carbocycles. The van der Waals surface area contributed by atoms with Gasteiger partial charge in [-0.1, -0.05) is 36.9 Å². The van der Waals surface area contributed by atoms with Gasteiger partial charge in [-0.3, -0.25) is 4.79 Å². The van der Waals surface area contributed by atoms with Crippen LogP contribution in [-0.4, -0.2) is 44.6 Å². The number of imidazole rings is 1. The summed E-state index contributed by atoms with van der Waals surface area (Å²) in [5, 5.41) is 0. The second-order valence-corrected chi connectivity index (χ2v) is 11.8. The molecule has 2 aliphatic heterocycles. The van der Waals surface area contributed by atoms with Gasteiger partial charge in [0, 0.05) is 28.4 Å². The molecule has 4 rings (SSSR count). The number of ether oxygens (including phenoxy) is 2. The fourth-order valence-corrected chi connectivity index (χ4v) is 6.70. The lowest BCUT2D eigenvalue weighted by Gasteiger charge is -2.35. The lowest BCUT2D eigenvalue weighted by Crippen LogP contribution is -2.42. The Kier molecular flexibility index (Phi) is 6.44. The molecule has 30 heavy (non-hydrogen) atoms. The molecule has 2 fully saturated rings. The number of carbonyl (C=O) groups excluding carboxylic acids is 1. The van der Waals surface area contributed by atoms with E-state index in [0.29, 0.717) is 38.6 Å². The largest absolute Gasteiger partial charge is 0.465 e. The highest BCUT2D eigenvalue weighted by molar-refractivity contribution is 6.57. The molecule has 0 unspecified atom stereocenters. The van der Waals surface area contributed by atoms with Gasteiger partial charge in [0.15, 0.2) is 0 Å². The molecule has 161 valence electrons. The fourth-order valence-electron chi connectivity index (χ4n) is 4.86. The second kappa shape index (κ2) is 9.06. The zero-order valence-corrected chi connectivity index (χ0v) is 19.3. The Hall–Kier alpha value is -1.92. The highest BCUT2D eigenvalue weighted by Gasteiger charge is 2.43. The third kappa shape index (κ3) is 4.26. The van der Waals surface area contributed by atoms with Crippen molar-refractivity contribution in [2.24, 2.45) is 5.92 Å². The van der Waals surface area contributed by atoms with Crippen LogP contribution in [0.3, 0.4) is 0 Å². The van der Waals surface area contributed by atoms with Crippen LogP contribution in [-0.2, 0) is 26.1 Å². The third-order valence-corrected chi connectivity index (χ3v) is 9.15. The first-order chi connectivity index (χ1) is 14.5. The molecule has 1 N–H and O–H groups in total. The van der Waals surface area contributed by atoms with Gasteiger partial charge in [-0.15, -0.1) is 0 Å². The van der Waals surface area contributed by atoms with Crippen molar-refractivity contribution in [3.05, 3.63) is 41.7 Å². The van der Waals surface area contributed by atoms with E-state index in [-0.39, 0.29) is 14.8 Å². The average molecular weight is 426 g/mol. The van der Waals surface area contributed by atoms with E-state index in [9.17, 15) is 4.79 Å². The number of hydrogen-bond donors (Lipinski definition) is 1. The van der Waals surface area contributed by atoms with Crippen LogP contribution in [0, 0.1) is 5.92 Å². The molecule has 1 aromatic heterocycles. The van der Waals surface area contributed by atoms with Gasteiger partial charge in [0.25, 0.3) is 0 Å². The predicted octanol–water partition coefficient (Wildman–Crippen LogP) is 4.81. The summed E-state index contributed by atoms with van der Waals surface area (Å²) in [6.45, 7) is 10.2. The van der Waals surface area contributed by atoms with E-state index in [1.807, 2.05) is 19.1 Å². The Morgan fingerprint density at radius 3 is 2.93 bits per heavy atom.